The third-order valence-corrected chi connectivity index (χ3v) is 4.70. The molecule has 0 amide bonds. The van der Waals surface area contributed by atoms with Gasteiger partial charge in [0.15, 0.2) is 0 Å². The lowest BCUT2D eigenvalue weighted by atomic mass is 9.98. The van der Waals surface area contributed by atoms with Gasteiger partial charge in [0.2, 0.25) is 0 Å². The van der Waals surface area contributed by atoms with Crippen LogP contribution in [0, 0.1) is 11.8 Å². The lowest BCUT2D eigenvalue weighted by molar-refractivity contribution is -0.134. The number of halogens is 2. The van der Waals surface area contributed by atoms with E-state index < -0.39 is 11.9 Å². The van der Waals surface area contributed by atoms with E-state index in [-0.39, 0.29) is 0 Å². The number of carbonyl (C=O) groups is 2. The second kappa shape index (κ2) is 12.6. The Labute approximate surface area is 175 Å². The summed E-state index contributed by atoms with van der Waals surface area (Å²) in [5.41, 5.74) is 1.16. The van der Waals surface area contributed by atoms with Crippen molar-refractivity contribution in [2.75, 3.05) is 31.2 Å². The molecule has 0 bridgehead atoms. The molecular formula is C20H27Cl2NO5. The molecule has 156 valence electrons. The van der Waals surface area contributed by atoms with Gasteiger partial charge in [-0.3, -0.25) is 0 Å². The minimum absolute atomic E-state index is 0.558. The van der Waals surface area contributed by atoms with Crippen molar-refractivity contribution in [2.45, 2.75) is 26.7 Å². The molecule has 6 nitrogen and oxygen atoms in total. The standard InChI is InChI=1S/C16H23Cl2NO.C4H4O4/c1-12(2)10-20-11-13-4-3-7-19(9-13)14-5-6-15(17)16(18)8-14;5-3(6)1-2-4(7)8/h5-6,8,12-13H,3-4,7,9-11H2,1-2H3;1-2H,(H,5,6)(H,7,8). The first kappa shape index (κ1) is 24.3. The summed E-state index contributed by atoms with van der Waals surface area (Å²) in [4.78, 5) is 21.5. The Morgan fingerprint density at radius 1 is 1.21 bits per heavy atom. The van der Waals surface area contributed by atoms with Crippen molar-refractivity contribution in [3.05, 3.63) is 40.4 Å². The Kier molecular flexibility index (Phi) is 11.0. The summed E-state index contributed by atoms with van der Waals surface area (Å²) in [6, 6.07) is 5.88. The smallest absolute Gasteiger partial charge is 0.328 e. The number of rotatable bonds is 7. The number of carboxylic acid groups (broad SMARTS) is 2. The Bertz CT molecular complexity index is 663. The van der Waals surface area contributed by atoms with Gasteiger partial charge in [-0.1, -0.05) is 37.0 Å². The van der Waals surface area contributed by atoms with E-state index in [9.17, 15) is 9.59 Å². The summed E-state index contributed by atoms with van der Waals surface area (Å²) >= 11 is 12.1. The molecule has 1 aromatic rings. The van der Waals surface area contributed by atoms with Crippen LogP contribution in [0.25, 0.3) is 0 Å². The number of nitrogens with zero attached hydrogens (tertiary/aromatic N) is 1. The van der Waals surface area contributed by atoms with Crippen LogP contribution in [0.15, 0.2) is 30.4 Å². The van der Waals surface area contributed by atoms with Gasteiger partial charge < -0.3 is 19.8 Å². The number of aliphatic carboxylic acids is 2. The molecule has 0 spiro atoms. The number of ether oxygens (including phenoxy) is 1. The molecule has 2 N–H and O–H groups in total. The highest BCUT2D eigenvalue weighted by Crippen LogP contribution is 2.29. The first-order valence-electron chi connectivity index (χ1n) is 9.10. The van der Waals surface area contributed by atoms with Crippen molar-refractivity contribution in [1.82, 2.24) is 0 Å². The number of anilines is 1. The highest BCUT2D eigenvalue weighted by molar-refractivity contribution is 6.42. The maximum absolute atomic E-state index is 9.55. The average Bonchev–Trinajstić information content (AvgIpc) is 2.63. The van der Waals surface area contributed by atoms with Gasteiger partial charge in [0.25, 0.3) is 0 Å². The Morgan fingerprint density at radius 3 is 2.39 bits per heavy atom. The van der Waals surface area contributed by atoms with Crippen LogP contribution in [0.2, 0.25) is 10.0 Å². The molecule has 1 saturated heterocycles. The summed E-state index contributed by atoms with van der Waals surface area (Å²) in [6.07, 6.45) is 3.57. The number of hydrogen-bond acceptors (Lipinski definition) is 4. The van der Waals surface area contributed by atoms with E-state index in [1.807, 2.05) is 18.2 Å². The molecule has 1 atom stereocenters. The fourth-order valence-corrected chi connectivity index (χ4v) is 3.02. The maximum Gasteiger partial charge on any atom is 0.328 e. The predicted molar refractivity (Wildman–Crippen MR) is 111 cm³/mol. The van der Waals surface area contributed by atoms with Gasteiger partial charge in [-0.15, -0.1) is 0 Å². The van der Waals surface area contributed by atoms with Crippen LogP contribution in [0.1, 0.15) is 26.7 Å². The molecule has 1 heterocycles. The first-order valence-corrected chi connectivity index (χ1v) is 9.86. The number of hydrogen-bond donors (Lipinski definition) is 2. The van der Waals surface area contributed by atoms with Crippen LogP contribution in [0.4, 0.5) is 5.69 Å². The molecule has 0 radical (unpaired) electrons. The van der Waals surface area contributed by atoms with E-state index in [0.29, 0.717) is 34.0 Å². The minimum Gasteiger partial charge on any atom is -0.478 e. The number of piperidine rings is 1. The normalized spacial score (nSPS) is 16.8. The Morgan fingerprint density at radius 2 is 1.86 bits per heavy atom. The number of benzene rings is 1. The molecule has 0 saturated carbocycles. The Hall–Kier alpha value is -1.76. The zero-order valence-corrected chi connectivity index (χ0v) is 17.6. The van der Waals surface area contributed by atoms with Gasteiger partial charge in [0.1, 0.15) is 0 Å². The van der Waals surface area contributed by atoms with Crippen LogP contribution in [-0.4, -0.2) is 48.5 Å². The Balaban J connectivity index is 0.000000416. The monoisotopic (exact) mass is 431 g/mol. The van der Waals surface area contributed by atoms with Gasteiger partial charge in [-0.2, -0.15) is 0 Å². The van der Waals surface area contributed by atoms with Gasteiger partial charge in [0, 0.05) is 37.5 Å². The van der Waals surface area contributed by atoms with Gasteiger partial charge >= 0.3 is 11.9 Å². The van der Waals surface area contributed by atoms with Crippen LogP contribution < -0.4 is 4.90 Å². The van der Waals surface area contributed by atoms with E-state index in [4.69, 9.17) is 38.2 Å². The predicted octanol–water partition coefficient (Wildman–Crippen LogP) is 4.59. The van der Waals surface area contributed by atoms with Crippen LogP contribution in [0.5, 0.6) is 0 Å². The zero-order chi connectivity index (χ0) is 21.1. The summed E-state index contributed by atoms with van der Waals surface area (Å²) in [7, 11) is 0. The van der Waals surface area contributed by atoms with Crippen molar-refractivity contribution in [3.8, 4) is 0 Å². The van der Waals surface area contributed by atoms with Gasteiger partial charge in [-0.25, -0.2) is 9.59 Å². The SMILES string of the molecule is CC(C)COCC1CCCN(c2ccc(Cl)c(Cl)c2)C1.O=C(O)C=CC(=O)O. The molecule has 1 aromatic carbocycles. The highest BCUT2D eigenvalue weighted by Gasteiger charge is 2.20. The van der Waals surface area contributed by atoms with Crippen molar-refractivity contribution >= 4 is 40.8 Å². The molecule has 0 aliphatic carbocycles. The van der Waals surface area contributed by atoms with Crippen molar-refractivity contribution in [2.24, 2.45) is 11.8 Å². The van der Waals surface area contributed by atoms with Crippen LogP contribution in [-0.2, 0) is 14.3 Å². The van der Waals surface area contributed by atoms with Crippen molar-refractivity contribution < 1.29 is 24.5 Å². The molecule has 2 rings (SSSR count). The van der Waals surface area contributed by atoms with Crippen LogP contribution in [0.3, 0.4) is 0 Å². The topological polar surface area (TPSA) is 87.1 Å². The fourth-order valence-electron chi connectivity index (χ4n) is 2.73. The molecule has 1 unspecified atom stereocenters. The molecular weight excluding hydrogens is 405 g/mol. The van der Waals surface area contributed by atoms with E-state index in [0.717, 1.165) is 32.0 Å². The van der Waals surface area contributed by atoms with E-state index in [2.05, 4.69) is 18.7 Å². The molecule has 8 heteroatoms. The lowest BCUT2D eigenvalue weighted by Crippen LogP contribution is -2.37. The summed E-state index contributed by atoms with van der Waals surface area (Å²) in [5.74, 6) is -1.30. The fraction of sp³-hybridized carbons (Fsp3) is 0.500. The minimum atomic E-state index is -1.26. The number of carboxylic acids is 2. The first-order chi connectivity index (χ1) is 13.2. The molecule has 28 heavy (non-hydrogen) atoms. The summed E-state index contributed by atoms with van der Waals surface area (Å²) in [5, 5.41) is 16.9. The molecule has 1 aliphatic rings. The quantitative estimate of drug-likeness (QED) is 0.613. The summed E-state index contributed by atoms with van der Waals surface area (Å²) < 4.78 is 5.79. The van der Waals surface area contributed by atoms with E-state index in [1.54, 1.807) is 0 Å². The van der Waals surface area contributed by atoms with Crippen LogP contribution >= 0.6 is 23.2 Å². The molecule has 1 fully saturated rings. The second-order valence-electron chi connectivity index (χ2n) is 6.99. The third-order valence-electron chi connectivity index (χ3n) is 3.96. The highest BCUT2D eigenvalue weighted by atomic mass is 35.5. The average molecular weight is 432 g/mol. The van der Waals surface area contributed by atoms with Gasteiger partial charge in [-0.05, 0) is 42.9 Å². The third kappa shape index (κ3) is 9.97. The van der Waals surface area contributed by atoms with E-state index >= 15 is 0 Å². The second-order valence-corrected chi connectivity index (χ2v) is 7.81. The molecule has 0 aromatic heterocycles. The summed E-state index contributed by atoms with van der Waals surface area (Å²) in [6.45, 7) is 8.19. The zero-order valence-electron chi connectivity index (χ0n) is 16.1. The molecule has 1 aliphatic heterocycles. The van der Waals surface area contributed by atoms with Gasteiger partial charge in [0.05, 0.1) is 16.7 Å². The maximum atomic E-state index is 9.55. The lowest BCUT2D eigenvalue weighted by Gasteiger charge is -2.34. The van der Waals surface area contributed by atoms with Crippen molar-refractivity contribution in [1.29, 1.82) is 0 Å². The largest absolute Gasteiger partial charge is 0.478 e. The van der Waals surface area contributed by atoms with Crippen molar-refractivity contribution in [3.63, 3.8) is 0 Å². The van der Waals surface area contributed by atoms with E-state index in [1.165, 1.54) is 12.8 Å².